The van der Waals surface area contributed by atoms with E-state index >= 15 is 0 Å². The molecule has 1 aromatic carbocycles. The maximum Gasteiger partial charge on any atom is 0.233 e. The number of hydrogen-bond donors (Lipinski definition) is 1. The van der Waals surface area contributed by atoms with E-state index in [1.165, 1.54) is 26.8 Å². The number of oxime groups is 2. The summed E-state index contributed by atoms with van der Waals surface area (Å²) in [5.41, 5.74) is 7.89. The van der Waals surface area contributed by atoms with Gasteiger partial charge in [-0.3, -0.25) is 0 Å². The van der Waals surface area contributed by atoms with Crippen molar-refractivity contribution in [3.05, 3.63) is 41.7 Å². The molecule has 0 saturated carbocycles. The highest BCUT2D eigenvalue weighted by atomic mass is 16.6. The number of hydrogen-bond acceptors (Lipinski definition) is 9. The maximum atomic E-state index is 5.86. The van der Waals surface area contributed by atoms with E-state index in [1.54, 1.807) is 13.2 Å². The molecular formula is C18H21N5O4. The van der Waals surface area contributed by atoms with Gasteiger partial charge in [-0.25, -0.2) is 9.97 Å². The molecule has 0 radical (unpaired) electrons. The summed E-state index contributed by atoms with van der Waals surface area (Å²) in [4.78, 5) is 17.4. The van der Waals surface area contributed by atoms with Crippen molar-refractivity contribution in [1.29, 1.82) is 0 Å². The highest BCUT2D eigenvalue weighted by Crippen LogP contribution is 2.33. The van der Waals surface area contributed by atoms with E-state index < -0.39 is 0 Å². The first-order valence-electron chi connectivity index (χ1n) is 7.87. The summed E-state index contributed by atoms with van der Waals surface area (Å²) in [6.45, 7) is 1.83. The van der Waals surface area contributed by atoms with Crippen LogP contribution in [0.25, 0.3) is 6.08 Å². The van der Waals surface area contributed by atoms with Crippen LogP contribution < -0.4 is 15.2 Å². The van der Waals surface area contributed by atoms with Gasteiger partial charge in [0.2, 0.25) is 5.88 Å². The number of anilines is 1. The standard InChI is InChI=1S/C18H21N5O4/c1-12(23-26-4)5-6-13-7-8-15(16(9-13)24-2)27-18-14(10-22-25-3)17(19)20-11-21-18/h5-11H,1-4H3,(H2,19,20,21)/b6-5+,22-10?,23-12+. The van der Waals surface area contributed by atoms with E-state index in [1.807, 2.05) is 31.2 Å². The zero-order chi connectivity index (χ0) is 19.6. The highest BCUT2D eigenvalue weighted by Gasteiger charge is 2.13. The van der Waals surface area contributed by atoms with Crippen LogP contribution in [0.4, 0.5) is 5.82 Å². The quantitative estimate of drug-likeness (QED) is 0.560. The molecule has 27 heavy (non-hydrogen) atoms. The first-order chi connectivity index (χ1) is 13.1. The van der Waals surface area contributed by atoms with E-state index in [4.69, 9.17) is 20.0 Å². The summed E-state index contributed by atoms with van der Waals surface area (Å²) in [6.07, 6.45) is 6.38. The van der Waals surface area contributed by atoms with Gasteiger partial charge in [-0.1, -0.05) is 22.5 Å². The third-order valence-electron chi connectivity index (χ3n) is 3.31. The number of nitrogen functional groups attached to an aromatic ring is 1. The van der Waals surface area contributed by atoms with Gasteiger partial charge in [0.25, 0.3) is 0 Å². The van der Waals surface area contributed by atoms with Gasteiger partial charge in [0, 0.05) is 0 Å². The van der Waals surface area contributed by atoms with Gasteiger partial charge in [-0.15, -0.1) is 0 Å². The lowest BCUT2D eigenvalue weighted by molar-refractivity contribution is 0.213. The van der Waals surface area contributed by atoms with E-state index in [0.717, 1.165) is 11.3 Å². The molecule has 1 aromatic heterocycles. The molecule has 2 rings (SSSR count). The Kier molecular flexibility index (Phi) is 7.12. The number of rotatable bonds is 8. The van der Waals surface area contributed by atoms with E-state index in [0.29, 0.717) is 17.1 Å². The molecule has 0 saturated heterocycles. The lowest BCUT2D eigenvalue weighted by atomic mass is 10.1. The molecule has 0 aliphatic heterocycles. The lowest BCUT2D eigenvalue weighted by Gasteiger charge is -2.12. The number of nitrogens with zero attached hydrogens (tertiary/aromatic N) is 4. The molecule has 0 aliphatic carbocycles. The minimum atomic E-state index is 0.215. The van der Waals surface area contributed by atoms with Crippen molar-refractivity contribution in [3.63, 3.8) is 0 Å². The van der Waals surface area contributed by atoms with Crippen LogP contribution in [-0.2, 0) is 9.68 Å². The van der Waals surface area contributed by atoms with Crippen LogP contribution in [-0.4, -0.2) is 43.2 Å². The van der Waals surface area contributed by atoms with Crippen LogP contribution >= 0.6 is 0 Å². The van der Waals surface area contributed by atoms with Gasteiger partial charge in [-0.2, -0.15) is 0 Å². The predicted octanol–water partition coefficient (Wildman–Crippen LogP) is 2.88. The molecule has 2 aromatic rings. The SMILES string of the molecule is CON=Cc1c(N)ncnc1Oc1ccc(/C=C/C(C)=N/OC)cc1OC. The first-order valence-corrected chi connectivity index (χ1v) is 7.87. The molecule has 0 amide bonds. The van der Waals surface area contributed by atoms with Crippen LogP contribution in [0.5, 0.6) is 17.4 Å². The Bertz CT molecular complexity index is 865. The summed E-state index contributed by atoms with van der Waals surface area (Å²) in [5.74, 6) is 1.42. The van der Waals surface area contributed by atoms with Gasteiger partial charge in [-0.05, 0) is 30.7 Å². The van der Waals surface area contributed by atoms with Gasteiger partial charge in [0.15, 0.2) is 11.5 Å². The normalized spacial score (nSPS) is 11.8. The van der Waals surface area contributed by atoms with Crippen LogP contribution in [0.15, 0.2) is 40.9 Å². The fourth-order valence-corrected chi connectivity index (χ4v) is 2.07. The van der Waals surface area contributed by atoms with Crippen LogP contribution in [0, 0.1) is 0 Å². The Morgan fingerprint density at radius 2 is 1.93 bits per heavy atom. The highest BCUT2D eigenvalue weighted by molar-refractivity contribution is 5.96. The maximum absolute atomic E-state index is 5.86. The van der Waals surface area contributed by atoms with Crippen molar-refractivity contribution in [3.8, 4) is 17.4 Å². The lowest BCUT2D eigenvalue weighted by Crippen LogP contribution is -2.03. The molecule has 0 fully saturated rings. The zero-order valence-electron chi connectivity index (χ0n) is 15.5. The second-order valence-electron chi connectivity index (χ2n) is 5.16. The van der Waals surface area contributed by atoms with Crippen molar-refractivity contribution in [2.45, 2.75) is 6.92 Å². The van der Waals surface area contributed by atoms with Gasteiger partial charge in [0.05, 0.1) is 19.0 Å². The molecule has 2 N–H and O–H groups in total. The summed E-state index contributed by atoms with van der Waals surface area (Å²) in [6, 6.07) is 5.44. The molecule has 0 spiro atoms. The van der Waals surface area contributed by atoms with Crippen molar-refractivity contribution in [2.24, 2.45) is 10.3 Å². The summed E-state index contributed by atoms with van der Waals surface area (Å²) in [7, 11) is 4.47. The second-order valence-corrected chi connectivity index (χ2v) is 5.16. The number of benzene rings is 1. The van der Waals surface area contributed by atoms with Crippen molar-refractivity contribution >= 4 is 23.8 Å². The molecule has 0 atom stereocenters. The number of allylic oxidation sites excluding steroid dienone is 1. The zero-order valence-corrected chi connectivity index (χ0v) is 15.5. The predicted molar refractivity (Wildman–Crippen MR) is 103 cm³/mol. The van der Waals surface area contributed by atoms with Crippen molar-refractivity contribution in [2.75, 3.05) is 27.1 Å². The van der Waals surface area contributed by atoms with Crippen molar-refractivity contribution < 1.29 is 19.1 Å². The molecule has 9 heteroatoms. The summed E-state index contributed by atoms with van der Waals surface area (Å²) < 4.78 is 11.3. The average molecular weight is 371 g/mol. The summed E-state index contributed by atoms with van der Waals surface area (Å²) in [5, 5.41) is 7.51. The average Bonchev–Trinajstić information content (AvgIpc) is 2.67. The van der Waals surface area contributed by atoms with Crippen LogP contribution in [0.1, 0.15) is 18.1 Å². The summed E-state index contributed by atoms with van der Waals surface area (Å²) >= 11 is 0. The van der Waals surface area contributed by atoms with Crippen LogP contribution in [0.2, 0.25) is 0 Å². The Labute approximate surface area is 157 Å². The number of aromatic nitrogens is 2. The Hall–Kier alpha value is -3.62. The number of nitrogens with two attached hydrogens (primary N) is 1. The molecule has 0 unspecified atom stereocenters. The topological polar surface area (TPSA) is 113 Å². The van der Waals surface area contributed by atoms with Crippen LogP contribution in [0.3, 0.4) is 0 Å². The molecule has 0 bridgehead atoms. The van der Waals surface area contributed by atoms with Gasteiger partial charge >= 0.3 is 0 Å². The second kappa shape index (κ2) is 9.76. The van der Waals surface area contributed by atoms with Gasteiger partial charge in [0.1, 0.15) is 31.9 Å². The molecular weight excluding hydrogens is 350 g/mol. The number of methoxy groups -OCH3 is 1. The largest absolute Gasteiger partial charge is 0.493 e. The Morgan fingerprint density at radius 3 is 2.63 bits per heavy atom. The minimum Gasteiger partial charge on any atom is -0.493 e. The third-order valence-corrected chi connectivity index (χ3v) is 3.31. The smallest absolute Gasteiger partial charge is 0.233 e. The fourth-order valence-electron chi connectivity index (χ4n) is 2.07. The van der Waals surface area contributed by atoms with E-state index in [-0.39, 0.29) is 11.7 Å². The molecule has 142 valence electrons. The van der Waals surface area contributed by atoms with E-state index in [2.05, 4.69) is 25.1 Å². The number of ether oxygens (including phenoxy) is 2. The van der Waals surface area contributed by atoms with E-state index in [9.17, 15) is 0 Å². The Balaban J connectivity index is 2.31. The third kappa shape index (κ3) is 5.43. The molecule has 1 heterocycles. The van der Waals surface area contributed by atoms with Gasteiger partial charge < -0.3 is 24.9 Å². The fraction of sp³-hybridized carbons (Fsp3) is 0.222. The monoisotopic (exact) mass is 371 g/mol. The molecule has 9 nitrogen and oxygen atoms in total. The van der Waals surface area contributed by atoms with Crippen molar-refractivity contribution in [1.82, 2.24) is 9.97 Å². The first kappa shape index (κ1) is 19.7. The Morgan fingerprint density at radius 1 is 1.11 bits per heavy atom. The molecule has 0 aliphatic rings. The minimum absolute atomic E-state index is 0.215.